The Kier molecular flexibility index (Phi) is 6.15. The molecule has 1 unspecified atom stereocenters. The highest BCUT2D eigenvalue weighted by Gasteiger charge is 2.15. The van der Waals surface area contributed by atoms with Gasteiger partial charge >= 0.3 is 0 Å². The number of benzene rings is 1. The van der Waals surface area contributed by atoms with Crippen LogP contribution in [-0.4, -0.2) is 11.5 Å². The van der Waals surface area contributed by atoms with E-state index in [0.717, 1.165) is 17.9 Å². The number of thioether (sulfide) groups is 1. The van der Waals surface area contributed by atoms with Gasteiger partial charge in [0.1, 0.15) is 0 Å². The highest BCUT2D eigenvalue weighted by Crippen LogP contribution is 2.30. The van der Waals surface area contributed by atoms with Gasteiger partial charge in [-0.25, -0.2) is 0 Å². The molecule has 1 aliphatic carbocycles. The number of hydrogen-bond donors (Lipinski definition) is 0. The second kappa shape index (κ2) is 7.87. The van der Waals surface area contributed by atoms with Gasteiger partial charge in [0.25, 0.3) is 0 Å². The zero-order chi connectivity index (χ0) is 14.4. The number of carbonyl (C=O) groups is 1. The van der Waals surface area contributed by atoms with Gasteiger partial charge in [0, 0.05) is 22.1 Å². The summed E-state index contributed by atoms with van der Waals surface area (Å²) in [5.41, 5.74) is 0.882. The molecular weight excluding hydrogens is 264 g/mol. The maximum Gasteiger partial charge on any atom is 0.165 e. The van der Waals surface area contributed by atoms with Gasteiger partial charge in [-0.05, 0) is 37.3 Å². The van der Waals surface area contributed by atoms with Gasteiger partial charge in [0.2, 0.25) is 0 Å². The summed E-state index contributed by atoms with van der Waals surface area (Å²) >= 11 is 1.93. The molecule has 0 bridgehead atoms. The Morgan fingerprint density at radius 2 is 2.05 bits per heavy atom. The number of Topliss-reactive ketones (excluding diaryl/α,β-unsaturated/α-hetero) is 1. The zero-order valence-corrected chi connectivity index (χ0v) is 13.5. The van der Waals surface area contributed by atoms with E-state index in [0.29, 0.717) is 0 Å². The largest absolute Gasteiger partial charge is 0.294 e. The quantitative estimate of drug-likeness (QED) is 0.502. The molecule has 1 atom stereocenters. The summed E-state index contributed by atoms with van der Waals surface area (Å²) in [5, 5.41) is 0. The molecule has 1 aromatic carbocycles. The third-order valence-electron chi connectivity index (χ3n) is 4.39. The van der Waals surface area contributed by atoms with Crippen LogP contribution in [0.25, 0.3) is 0 Å². The van der Waals surface area contributed by atoms with Crippen molar-refractivity contribution in [3.8, 4) is 0 Å². The molecule has 0 saturated heterocycles. The minimum absolute atomic E-state index is 0.133. The average molecular weight is 290 g/mol. The Balaban J connectivity index is 1.93. The van der Waals surface area contributed by atoms with Gasteiger partial charge in [-0.1, -0.05) is 45.2 Å². The van der Waals surface area contributed by atoms with E-state index in [1.807, 2.05) is 30.8 Å². The fourth-order valence-corrected chi connectivity index (χ4v) is 3.92. The van der Waals surface area contributed by atoms with Crippen molar-refractivity contribution < 1.29 is 4.79 Å². The first kappa shape index (κ1) is 15.6. The molecule has 1 aromatic rings. The maximum absolute atomic E-state index is 12.2. The summed E-state index contributed by atoms with van der Waals surface area (Å²) in [4.78, 5) is 13.5. The first-order chi connectivity index (χ1) is 9.70. The van der Waals surface area contributed by atoms with E-state index in [-0.39, 0.29) is 11.7 Å². The Hall–Kier alpha value is -0.760. The van der Waals surface area contributed by atoms with Gasteiger partial charge in [0.15, 0.2) is 5.78 Å². The van der Waals surface area contributed by atoms with Crippen LogP contribution in [0.2, 0.25) is 0 Å². The molecule has 0 aromatic heterocycles. The van der Waals surface area contributed by atoms with E-state index in [4.69, 9.17) is 0 Å². The second-order valence-corrected chi connectivity index (χ2v) is 7.11. The van der Waals surface area contributed by atoms with E-state index in [9.17, 15) is 4.79 Å². The molecule has 2 rings (SSSR count). The van der Waals surface area contributed by atoms with E-state index in [2.05, 4.69) is 19.1 Å². The molecule has 20 heavy (non-hydrogen) atoms. The molecule has 0 N–H and O–H groups in total. The summed E-state index contributed by atoms with van der Waals surface area (Å²) in [5.74, 6) is 2.50. The number of rotatable bonds is 6. The first-order valence-electron chi connectivity index (χ1n) is 7.97. The average Bonchev–Trinajstić information content (AvgIpc) is 2.52. The molecule has 110 valence electrons. The summed E-state index contributed by atoms with van der Waals surface area (Å²) in [6.07, 6.45) is 7.91. The maximum atomic E-state index is 12.2. The highest BCUT2D eigenvalue weighted by molar-refractivity contribution is 7.99. The lowest BCUT2D eigenvalue weighted by Crippen LogP contribution is -2.10. The fourth-order valence-electron chi connectivity index (χ4n) is 2.78. The van der Waals surface area contributed by atoms with Crippen LogP contribution in [0.4, 0.5) is 0 Å². The molecule has 0 aliphatic heterocycles. The van der Waals surface area contributed by atoms with Crippen LogP contribution in [0.5, 0.6) is 0 Å². The lowest BCUT2D eigenvalue weighted by atomic mass is 9.91. The third-order valence-corrected chi connectivity index (χ3v) is 5.61. The predicted molar refractivity (Wildman–Crippen MR) is 87.5 cm³/mol. The number of ketones is 1. The molecule has 0 radical (unpaired) electrons. The van der Waals surface area contributed by atoms with Gasteiger partial charge in [0.05, 0.1) is 0 Å². The topological polar surface area (TPSA) is 17.1 Å². The molecule has 0 amide bonds. The predicted octanol–water partition coefficient (Wildman–Crippen LogP) is 5.59. The Morgan fingerprint density at radius 3 is 2.75 bits per heavy atom. The molecule has 0 heterocycles. The summed E-state index contributed by atoms with van der Waals surface area (Å²) in [6, 6.07) is 8.21. The minimum atomic E-state index is 0.133. The Bertz CT molecular complexity index is 435. The van der Waals surface area contributed by atoms with Crippen molar-refractivity contribution in [2.45, 2.75) is 57.3 Å². The van der Waals surface area contributed by atoms with Crippen molar-refractivity contribution in [1.82, 2.24) is 0 Å². The van der Waals surface area contributed by atoms with Crippen molar-refractivity contribution in [3.05, 3.63) is 29.8 Å². The molecular formula is C18H26OS. The van der Waals surface area contributed by atoms with Crippen LogP contribution in [-0.2, 0) is 0 Å². The molecule has 1 aliphatic rings. The van der Waals surface area contributed by atoms with Crippen molar-refractivity contribution in [2.24, 2.45) is 11.8 Å². The van der Waals surface area contributed by atoms with Crippen LogP contribution in [0.15, 0.2) is 29.2 Å². The van der Waals surface area contributed by atoms with Gasteiger partial charge < -0.3 is 0 Å². The second-order valence-electron chi connectivity index (χ2n) is 6.02. The number of carbonyl (C=O) groups excluding carboxylic acids is 1. The Morgan fingerprint density at radius 1 is 1.30 bits per heavy atom. The lowest BCUT2D eigenvalue weighted by Gasteiger charge is -2.21. The van der Waals surface area contributed by atoms with Crippen molar-refractivity contribution in [1.29, 1.82) is 0 Å². The highest BCUT2D eigenvalue weighted by atomic mass is 32.2. The van der Waals surface area contributed by atoms with Crippen LogP contribution in [0.1, 0.15) is 62.7 Å². The minimum Gasteiger partial charge on any atom is -0.294 e. The monoisotopic (exact) mass is 290 g/mol. The van der Waals surface area contributed by atoms with E-state index < -0.39 is 0 Å². The Labute approximate surface area is 127 Å². The van der Waals surface area contributed by atoms with Crippen LogP contribution < -0.4 is 0 Å². The molecule has 2 heteroatoms. The first-order valence-corrected chi connectivity index (χ1v) is 8.96. The smallest absolute Gasteiger partial charge is 0.165 e. The summed E-state index contributed by atoms with van der Waals surface area (Å²) < 4.78 is 0. The lowest BCUT2D eigenvalue weighted by molar-refractivity contribution is 0.0927. The van der Waals surface area contributed by atoms with Gasteiger partial charge in [-0.2, -0.15) is 0 Å². The zero-order valence-electron chi connectivity index (χ0n) is 12.7. The molecule has 1 fully saturated rings. The van der Waals surface area contributed by atoms with Crippen molar-refractivity contribution in [2.75, 3.05) is 5.75 Å². The fraction of sp³-hybridized carbons (Fsp3) is 0.611. The van der Waals surface area contributed by atoms with E-state index in [1.54, 1.807) is 0 Å². The SMILES string of the molecule is CCC(C)C(=O)c1cccc(SCC2CCCCC2)c1. The van der Waals surface area contributed by atoms with Gasteiger partial charge in [-0.15, -0.1) is 11.8 Å². The molecule has 1 nitrogen and oxygen atoms in total. The van der Waals surface area contributed by atoms with Crippen LogP contribution in [0.3, 0.4) is 0 Å². The summed E-state index contributed by atoms with van der Waals surface area (Å²) in [7, 11) is 0. The van der Waals surface area contributed by atoms with Gasteiger partial charge in [-0.3, -0.25) is 4.79 Å². The normalized spacial score (nSPS) is 17.9. The van der Waals surface area contributed by atoms with E-state index >= 15 is 0 Å². The van der Waals surface area contributed by atoms with Crippen molar-refractivity contribution >= 4 is 17.5 Å². The standard InChI is InChI=1S/C18H26OS/c1-3-14(2)18(19)16-10-7-11-17(12-16)20-13-15-8-5-4-6-9-15/h7,10-12,14-15H,3-6,8-9,13H2,1-2H3. The summed E-state index contributed by atoms with van der Waals surface area (Å²) in [6.45, 7) is 4.09. The number of hydrogen-bond acceptors (Lipinski definition) is 2. The molecule has 0 spiro atoms. The van der Waals surface area contributed by atoms with Crippen LogP contribution >= 0.6 is 11.8 Å². The van der Waals surface area contributed by atoms with Crippen molar-refractivity contribution in [3.63, 3.8) is 0 Å². The van der Waals surface area contributed by atoms with Crippen LogP contribution in [0, 0.1) is 11.8 Å². The third kappa shape index (κ3) is 4.37. The van der Waals surface area contributed by atoms with E-state index in [1.165, 1.54) is 42.8 Å². The molecule has 1 saturated carbocycles.